The topological polar surface area (TPSA) is 89.3 Å². The van der Waals surface area contributed by atoms with Crippen LogP contribution in [0.25, 0.3) is 0 Å². The molecule has 0 aliphatic rings. The Labute approximate surface area is 106 Å². The highest BCUT2D eigenvalue weighted by Gasteiger charge is 2.18. The Morgan fingerprint density at radius 1 is 1.65 bits per heavy atom. The molecule has 2 aromatic heterocycles. The first-order valence-electron chi connectivity index (χ1n) is 4.72. The molecule has 0 unspecified atom stereocenters. The Morgan fingerprint density at radius 2 is 2.41 bits per heavy atom. The average molecular weight is 269 g/mol. The van der Waals surface area contributed by atoms with Gasteiger partial charge in [0.05, 0.1) is 11.3 Å². The molecule has 0 radical (unpaired) electrons. The number of hydrogen-bond acceptors (Lipinski definition) is 6. The van der Waals surface area contributed by atoms with E-state index in [1.165, 1.54) is 23.1 Å². The van der Waals surface area contributed by atoms with Crippen molar-refractivity contribution < 1.29 is 5.21 Å². The van der Waals surface area contributed by atoms with Gasteiger partial charge in [0.1, 0.15) is 5.03 Å². The molecule has 0 fully saturated rings. The Morgan fingerprint density at radius 3 is 3.00 bits per heavy atom. The number of aryl methyl sites for hydroxylation is 2. The molecule has 0 saturated carbocycles. The maximum atomic E-state index is 8.78. The van der Waals surface area contributed by atoms with Crippen LogP contribution in [-0.2, 0) is 7.05 Å². The molecular formula is C9H11N5OS2. The van der Waals surface area contributed by atoms with Gasteiger partial charge in [0.15, 0.2) is 10.2 Å². The van der Waals surface area contributed by atoms with Crippen LogP contribution in [0.15, 0.2) is 26.1 Å². The third-order valence-corrected chi connectivity index (χ3v) is 4.17. The second kappa shape index (κ2) is 4.76. The van der Waals surface area contributed by atoms with E-state index in [2.05, 4.69) is 15.2 Å². The minimum atomic E-state index is 0.0645. The summed E-state index contributed by atoms with van der Waals surface area (Å²) in [6, 6.07) is 0. The van der Waals surface area contributed by atoms with E-state index in [4.69, 9.17) is 10.9 Å². The van der Waals surface area contributed by atoms with Gasteiger partial charge in [0.25, 0.3) is 0 Å². The van der Waals surface area contributed by atoms with Gasteiger partial charge in [0.2, 0.25) is 0 Å². The third-order valence-electron chi connectivity index (χ3n) is 2.13. The highest BCUT2D eigenvalue weighted by molar-refractivity contribution is 8.01. The van der Waals surface area contributed by atoms with Gasteiger partial charge < -0.3 is 10.9 Å². The number of oxime groups is 1. The van der Waals surface area contributed by atoms with E-state index in [1.807, 2.05) is 19.4 Å². The molecule has 2 aromatic rings. The Bertz CT molecular complexity index is 546. The summed E-state index contributed by atoms with van der Waals surface area (Å²) in [5.41, 5.74) is 7.03. The standard InChI is InChI=1S/C9H11N5OS2/c1-5-6(7(10)13-15)8(14(2)12-5)17-9-11-3-4-16-9/h3-4,15H,1-2H3,(H2,10,13). The number of rotatable bonds is 3. The van der Waals surface area contributed by atoms with Crippen molar-refractivity contribution in [3.63, 3.8) is 0 Å². The summed E-state index contributed by atoms with van der Waals surface area (Å²) in [6.45, 7) is 1.82. The fourth-order valence-corrected chi connectivity index (χ4v) is 3.20. The van der Waals surface area contributed by atoms with Gasteiger partial charge >= 0.3 is 0 Å². The van der Waals surface area contributed by atoms with Crippen LogP contribution in [-0.4, -0.2) is 25.8 Å². The average Bonchev–Trinajstić information content (AvgIpc) is 2.88. The van der Waals surface area contributed by atoms with E-state index in [1.54, 1.807) is 10.9 Å². The molecule has 8 heteroatoms. The molecule has 0 bridgehead atoms. The van der Waals surface area contributed by atoms with Crippen LogP contribution in [0.4, 0.5) is 0 Å². The Balaban J connectivity index is 2.45. The van der Waals surface area contributed by atoms with Gasteiger partial charge in [-0.15, -0.1) is 11.3 Å². The number of amidine groups is 1. The molecule has 2 rings (SSSR count). The number of nitrogens with zero attached hydrogens (tertiary/aromatic N) is 4. The molecule has 0 aliphatic heterocycles. The first kappa shape index (κ1) is 11.9. The lowest BCUT2D eigenvalue weighted by Gasteiger charge is -2.02. The maximum Gasteiger partial charge on any atom is 0.174 e. The minimum Gasteiger partial charge on any atom is -0.409 e. The van der Waals surface area contributed by atoms with E-state index in [0.717, 1.165) is 15.1 Å². The molecule has 0 aromatic carbocycles. The normalized spacial score (nSPS) is 12.0. The van der Waals surface area contributed by atoms with Crippen molar-refractivity contribution in [1.29, 1.82) is 0 Å². The Kier molecular flexibility index (Phi) is 3.34. The molecule has 6 nitrogen and oxygen atoms in total. The minimum absolute atomic E-state index is 0.0645. The molecule has 0 amide bonds. The molecule has 90 valence electrons. The van der Waals surface area contributed by atoms with Crippen LogP contribution >= 0.6 is 23.1 Å². The zero-order chi connectivity index (χ0) is 12.4. The van der Waals surface area contributed by atoms with Gasteiger partial charge in [-0.05, 0) is 18.7 Å². The van der Waals surface area contributed by atoms with Crippen LogP contribution in [0.2, 0.25) is 0 Å². The smallest absolute Gasteiger partial charge is 0.174 e. The van der Waals surface area contributed by atoms with Gasteiger partial charge in [-0.3, -0.25) is 4.68 Å². The van der Waals surface area contributed by atoms with E-state index in [9.17, 15) is 0 Å². The van der Waals surface area contributed by atoms with E-state index in [0.29, 0.717) is 5.56 Å². The van der Waals surface area contributed by atoms with Crippen LogP contribution < -0.4 is 5.73 Å². The first-order chi connectivity index (χ1) is 8.13. The van der Waals surface area contributed by atoms with Crippen molar-refractivity contribution in [2.24, 2.45) is 17.9 Å². The largest absolute Gasteiger partial charge is 0.409 e. The number of thiazole rings is 1. The fourth-order valence-electron chi connectivity index (χ4n) is 1.44. The highest BCUT2D eigenvalue weighted by Crippen LogP contribution is 2.32. The van der Waals surface area contributed by atoms with Crippen molar-refractivity contribution in [2.75, 3.05) is 0 Å². The summed E-state index contributed by atoms with van der Waals surface area (Å²) >= 11 is 2.98. The molecular weight excluding hydrogens is 258 g/mol. The van der Waals surface area contributed by atoms with Crippen molar-refractivity contribution in [2.45, 2.75) is 16.3 Å². The second-order valence-electron chi connectivity index (χ2n) is 3.27. The lowest BCUT2D eigenvalue weighted by atomic mass is 10.2. The molecule has 2 heterocycles. The number of hydrogen-bond donors (Lipinski definition) is 2. The quantitative estimate of drug-likeness (QED) is 0.381. The van der Waals surface area contributed by atoms with Gasteiger partial charge in [-0.25, -0.2) is 4.98 Å². The molecule has 0 atom stereocenters. The van der Waals surface area contributed by atoms with Gasteiger partial charge in [0, 0.05) is 18.6 Å². The third kappa shape index (κ3) is 2.27. The summed E-state index contributed by atoms with van der Waals surface area (Å²) in [5, 5.41) is 18.8. The van der Waals surface area contributed by atoms with Crippen molar-refractivity contribution in [3.8, 4) is 0 Å². The summed E-state index contributed by atoms with van der Waals surface area (Å²) < 4.78 is 2.59. The highest BCUT2D eigenvalue weighted by atomic mass is 32.2. The molecule has 17 heavy (non-hydrogen) atoms. The fraction of sp³-hybridized carbons (Fsp3) is 0.222. The van der Waals surface area contributed by atoms with E-state index >= 15 is 0 Å². The molecule has 0 aliphatic carbocycles. The summed E-state index contributed by atoms with van der Waals surface area (Å²) in [7, 11) is 1.82. The zero-order valence-corrected chi connectivity index (χ0v) is 10.9. The van der Waals surface area contributed by atoms with Crippen LogP contribution in [0.3, 0.4) is 0 Å². The van der Waals surface area contributed by atoms with Crippen molar-refractivity contribution in [3.05, 3.63) is 22.8 Å². The van der Waals surface area contributed by atoms with Crippen molar-refractivity contribution >= 4 is 28.9 Å². The van der Waals surface area contributed by atoms with E-state index in [-0.39, 0.29) is 5.84 Å². The predicted octanol–water partition coefficient (Wildman–Crippen LogP) is 1.43. The van der Waals surface area contributed by atoms with Gasteiger partial charge in [-0.2, -0.15) is 5.10 Å². The number of aromatic nitrogens is 3. The monoisotopic (exact) mass is 269 g/mol. The summed E-state index contributed by atoms with van der Waals surface area (Å²) in [6.07, 6.45) is 1.74. The lowest BCUT2D eigenvalue weighted by molar-refractivity contribution is 0.318. The maximum absolute atomic E-state index is 8.78. The van der Waals surface area contributed by atoms with Crippen LogP contribution in [0.5, 0.6) is 0 Å². The Hall–Kier alpha value is -1.54. The SMILES string of the molecule is Cc1nn(C)c(Sc2nccs2)c1C(N)=NO. The van der Waals surface area contributed by atoms with Gasteiger partial charge in [-0.1, -0.05) is 5.16 Å². The molecule has 0 saturated heterocycles. The zero-order valence-electron chi connectivity index (χ0n) is 9.28. The van der Waals surface area contributed by atoms with Crippen LogP contribution in [0.1, 0.15) is 11.3 Å². The van der Waals surface area contributed by atoms with E-state index < -0.39 is 0 Å². The molecule has 0 spiro atoms. The lowest BCUT2D eigenvalue weighted by Crippen LogP contribution is -2.14. The predicted molar refractivity (Wildman–Crippen MR) is 66.7 cm³/mol. The molecule has 3 N–H and O–H groups in total. The number of nitrogens with two attached hydrogens (primary N) is 1. The first-order valence-corrected chi connectivity index (χ1v) is 6.42. The van der Waals surface area contributed by atoms with Crippen LogP contribution in [0, 0.1) is 6.92 Å². The summed E-state index contributed by atoms with van der Waals surface area (Å²) in [5.74, 6) is 0.0645. The second-order valence-corrected chi connectivity index (χ2v) is 5.40. The van der Waals surface area contributed by atoms with Crippen molar-refractivity contribution in [1.82, 2.24) is 14.8 Å². The summed E-state index contributed by atoms with van der Waals surface area (Å²) in [4.78, 5) is 4.19.